The van der Waals surface area contributed by atoms with Gasteiger partial charge in [-0.05, 0) is 74.8 Å². The lowest BCUT2D eigenvalue weighted by molar-refractivity contribution is 0.669. The minimum Gasteiger partial charge on any atom is -0.456 e. The van der Waals surface area contributed by atoms with E-state index >= 15 is 0 Å². The Morgan fingerprint density at radius 1 is 0.351 bits per heavy atom. The molecular weight excluding hydrogens is 697 g/mol. The first kappa shape index (κ1) is 33.6. The number of hydrogen-bond acceptors (Lipinski definition) is 5. The standard InChI is InChI=1S/C52H32N4O/c53-33-34-18-20-36(21-19-34)38-24-28-41(29-25-38)50-54-51(56-52(55-50)45-15-8-7-14-43(45)39-12-5-2-6-13-39)42-30-31-46-48(32-42)57-47-17-9-16-44(49(46)47)40-26-22-37(23-27-40)35-10-3-1-4-11-35/h1-32H. The maximum absolute atomic E-state index is 9.26. The van der Waals surface area contributed by atoms with Gasteiger partial charge in [0.2, 0.25) is 0 Å². The van der Waals surface area contributed by atoms with Crippen molar-refractivity contribution in [3.63, 3.8) is 0 Å². The van der Waals surface area contributed by atoms with Crippen molar-refractivity contribution in [2.75, 3.05) is 0 Å². The number of furan rings is 1. The van der Waals surface area contributed by atoms with Crippen LogP contribution in [0.5, 0.6) is 0 Å². The van der Waals surface area contributed by atoms with Gasteiger partial charge in [-0.2, -0.15) is 5.26 Å². The molecule has 5 heteroatoms. The van der Waals surface area contributed by atoms with Crippen molar-refractivity contribution >= 4 is 21.9 Å². The van der Waals surface area contributed by atoms with E-state index in [1.807, 2.05) is 91.0 Å². The predicted octanol–water partition coefficient (Wildman–Crippen LogP) is 13.3. The van der Waals surface area contributed by atoms with Gasteiger partial charge in [-0.1, -0.05) is 164 Å². The van der Waals surface area contributed by atoms with E-state index in [1.54, 1.807) is 0 Å². The van der Waals surface area contributed by atoms with Gasteiger partial charge in [0.05, 0.1) is 11.6 Å². The van der Waals surface area contributed by atoms with E-state index in [2.05, 4.69) is 109 Å². The molecule has 0 amide bonds. The van der Waals surface area contributed by atoms with E-state index in [1.165, 1.54) is 11.1 Å². The third kappa shape index (κ3) is 6.42. The van der Waals surface area contributed by atoms with Crippen LogP contribution in [0.4, 0.5) is 0 Å². The van der Waals surface area contributed by atoms with Crippen molar-refractivity contribution in [3.05, 3.63) is 200 Å². The molecule has 0 saturated carbocycles. The van der Waals surface area contributed by atoms with Crippen molar-refractivity contribution in [2.45, 2.75) is 0 Å². The second kappa shape index (κ2) is 14.4. The van der Waals surface area contributed by atoms with Gasteiger partial charge >= 0.3 is 0 Å². The molecule has 0 unspecified atom stereocenters. The molecule has 0 bridgehead atoms. The zero-order valence-electron chi connectivity index (χ0n) is 30.7. The molecule has 0 N–H and O–H groups in total. The monoisotopic (exact) mass is 728 g/mol. The maximum Gasteiger partial charge on any atom is 0.164 e. The third-order valence-corrected chi connectivity index (χ3v) is 10.4. The zero-order chi connectivity index (χ0) is 38.1. The Bertz CT molecular complexity index is 3090. The van der Waals surface area contributed by atoms with Crippen LogP contribution in [0.15, 0.2) is 199 Å². The third-order valence-electron chi connectivity index (χ3n) is 10.4. The Kier molecular flexibility index (Phi) is 8.48. The van der Waals surface area contributed by atoms with Crippen LogP contribution in [-0.2, 0) is 0 Å². The van der Waals surface area contributed by atoms with E-state index in [-0.39, 0.29) is 0 Å². The molecule has 2 aromatic heterocycles. The van der Waals surface area contributed by atoms with Gasteiger partial charge in [0.25, 0.3) is 0 Å². The average Bonchev–Trinajstić information content (AvgIpc) is 3.68. The Hall–Kier alpha value is -7.94. The first-order valence-electron chi connectivity index (χ1n) is 18.8. The SMILES string of the molecule is N#Cc1ccc(-c2ccc(-c3nc(-c4ccc5c(c4)oc4cccc(-c6ccc(-c7ccccc7)cc6)c45)nc(-c4ccccc4-c4ccccc4)n3)cc2)cc1. The van der Waals surface area contributed by atoms with E-state index in [9.17, 15) is 5.26 Å². The van der Waals surface area contributed by atoms with Crippen LogP contribution in [0.1, 0.15) is 5.56 Å². The number of hydrogen-bond donors (Lipinski definition) is 0. The number of aromatic nitrogens is 3. The van der Waals surface area contributed by atoms with E-state index in [0.717, 1.165) is 72.0 Å². The molecule has 0 aliphatic heterocycles. The lowest BCUT2D eigenvalue weighted by atomic mass is 9.96. The molecule has 0 saturated heterocycles. The van der Waals surface area contributed by atoms with Gasteiger partial charge in [0.15, 0.2) is 17.5 Å². The molecule has 8 aromatic carbocycles. The van der Waals surface area contributed by atoms with E-state index in [4.69, 9.17) is 19.4 Å². The predicted molar refractivity (Wildman–Crippen MR) is 230 cm³/mol. The minimum absolute atomic E-state index is 0.549. The normalized spacial score (nSPS) is 11.1. The summed E-state index contributed by atoms with van der Waals surface area (Å²) in [4.78, 5) is 15.3. The second-order valence-corrected chi connectivity index (χ2v) is 13.9. The Balaban J connectivity index is 1.08. The molecule has 10 rings (SSSR count). The van der Waals surface area contributed by atoms with Crippen LogP contribution >= 0.6 is 0 Å². The Morgan fingerprint density at radius 3 is 1.49 bits per heavy atom. The number of rotatable bonds is 7. The Morgan fingerprint density at radius 2 is 0.825 bits per heavy atom. The smallest absolute Gasteiger partial charge is 0.164 e. The summed E-state index contributed by atoms with van der Waals surface area (Å²) >= 11 is 0. The fraction of sp³-hybridized carbons (Fsp3) is 0. The topological polar surface area (TPSA) is 75.6 Å². The van der Waals surface area contributed by atoms with Crippen molar-refractivity contribution in [3.8, 4) is 84.7 Å². The number of nitrogens with zero attached hydrogens (tertiary/aromatic N) is 4. The summed E-state index contributed by atoms with van der Waals surface area (Å²) in [6.07, 6.45) is 0. The molecule has 0 fully saturated rings. The molecule has 266 valence electrons. The quantitative estimate of drug-likeness (QED) is 0.163. The molecule has 2 heterocycles. The zero-order valence-corrected chi connectivity index (χ0v) is 30.7. The van der Waals surface area contributed by atoms with Crippen molar-refractivity contribution in [1.29, 1.82) is 5.26 Å². The van der Waals surface area contributed by atoms with Crippen LogP contribution in [-0.4, -0.2) is 15.0 Å². The summed E-state index contributed by atoms with van der Waals surface area (Å²) in [6.45, 7) is 0. The highest BCUT2D eigenvalue weighted by Crippen LogP contribution is 2.39. The molecule has 10 aromatic rings. The van der Waals surface area contributed by atoms with Gasteiger partial charge in [-0.15, -0.1) is 0 Å². The summed E-state index contributed by atoms with van der Waals surface area (Å²) in [5, 5.41) is 11.4. The summed E-state index contributed by atoms with van der Waals surface area (Å²) in [5.74, 6) is 1.69. The van der Waals surface area contributed by atoms with Crippen LogP contribution in [0.3, 0.4) is 0 Å². The minimum atomic E-state index is 0.549. The molecule has 0 radical (unpaired) electrons. The fourth-order valence-electron chi connectivity index (χ4n) is 7.53. The van der Waals surface area contributed by atoms with Crippen LogP contribution in [0.25, 0.3) is 101 Å². The largest absolute Gasteiger partial charge is 0.456 e. The van der Waals surface area contributed by atoms with Crippen molar-refractivity contribution in [1.82, 2.24) is 15.0 Å². The lowest BCUT2D eigenvalue weighted by Gasteiger charge is -2.12. The van der Waals surface area contributed by atoms with E-state index < -0.39 is 0 Å². The average molecular weight is 729 g/mol. The van der Waals surface area contributed by atoms with Crippen LogP contribution in [0.2, 0.25) is 0 Å². The van der Waals surface area contributed by atoms with Crippen molar-refractivity contribution in [2.24, 2.45) is 0 Å². The number of fused-ring (bicyclic) bond motifs is 3. The molecule has 5 nitrogen and oxygen atoms in total. The molecule has 0 spiro atoms. The lowest BCUT2D eigenvalue weighted by Crippen LogP contribution is -2.01. The van der Waals surface area contributed by atoms with Gasteiger partial charge in [-0.25, -0.2) is 15.0 Å². The molecular formula is C52H32N4O. The highest BCUT2D eigenvalue weighted by Gasteiger charge is 2.18. The number of benzene rings is 8. The molecule has 57 heavy (non-hydrogen) atoms. The molecule has 0 atom stereocenters. The van der Waals surface area contributed by atoms with Gasteiger partial charge < -0.3 is 4.42 Å². The van der Waals surface area contributed by atoms with E-state index in [0.29, 0.717) is 23.0 Å². The molecule has 0 aliphatic rings. The number of nitriles is 1. The van der Waals surface area contributed by atoms with Crippen LogP contribution in [0, 0.1) is 11.3 Å². The first-order valence-corrected chi connectivity index (χ1v) is 18.8. The summed E-state index contributed by atoms with van der Waals surface area (Å²) in [6, 6.07) is 68.1. The fourth-order valence-corrected chi connectivity index (χ4v) is 7.53. The van der Waals surface area contributed by atoms with Gasteiger partial charge in [0, 0.05) is 27.5 Å². The van der Waals surface area contributed by atoms with Crippen LogP contribution < -0.4 is 0 Å². The second-order valence-electron chi connectivity index (χ2n) is 13.9. The summed E-state index contributed by atoms with van der Waals surface area (Å²) in [5.41, 5.74) is 13.6. The summed E-state index contributed by atoms with van der Waals surface area (Å²) in [7, 11) is 0. The van der Waals surface area contributed by atoms with Gasteiger partial charge in [0.1, 0.15) is 11.2 Å². The maximum atomic E-state index is 9.26. The van der Waals surface area contributed by atoms with Gasteiger partial charge in [-0.3, -0.25) is 0 Å². The van der Waals surface area contributed by atoms with Crippen molar-refractivity contribution < 1.29 is 4.42 Å². The Labute approximate surface area is 329 Å². The highest BCUT2D eigenvalue weighted by molar-refractivity contribution is 6.13. The highest BCUT2D eigenvalue weighted by atomic mass is 16.3. The summed E-state index contributed by atoms with van der Waals surface area (Å²) < 4.78 is 6.56. The first-order chi connectivity index (χ1) is 28.2. The molecule has 0 aliphatic carbocycles.